The first-order valence-electron chi connectivity index (χ1n) is 30.9. The summed E-state index contributed by atoms with van der Waals surface area (Å²) < 4.78 is 16.8. The summed E-state index contributed by atoms with van der Waals surface area (Å²) in [5.74, 6) is -0.957. The van der Waals surface area contributed by atoms with E-state index < -0.39 is 6.10 Å². The minimum atomic E-state index is -0.798. The summed E-state index contributed by atoms with van der Waals surface area (Å²) in [5.41, 5.74) is 0. The van der Waals surface area contributed by atoms with Gasteiger partial charge in [-0.15, -0.1) is 0 Å². The van der Waals surface area contributed by atoms with Gasteiger partial charge in [0.2, 0.25) is 0 Å². The van der Waals surface area contributed by atoms with Crippen molar-refractivity contribution in [1.29, 1.82) is 0 Å². The van der Waals surface area contributed by atoms with Crippen LogP contribution in [0.4, 0.5) is 0 Å². The second-order valence-electron chi connectivity index (χ2n) is 20.2. The van der Waals surface area contributed by atoms with Gasteiger partial charge in [-0.1, -0.05) is 291 Å². The zero-order valence-electron chi connectivity index (χ0n) is 48.3. The number of allylic oxidation sites excluding steroid dienone is 18. The molecule has 0 heterocycles. The van der Waals surface area contributed by atoms with E-state index in [1.165, 1.54) is 135 Å². The molecule has 0 spiro atoms. The summed E-state index contributed by atoms with van der Waals surface area (Å²) in [4.78, 5) is 38.0. The molecule has 0 saturated carbocycles. The molecule has 6 heteroatoms. The lowest BCUT2D eigenvalue weighted by Crippen LogP contribution is -2.30. The molecule has 0 radical (unpaired) electrons. The Labute approximate surface area is 457 Å². The SMILES string of the molecule is CC/C=C\C/C=C\C/C=C\C/C=C\C/C=C\C/C=C\C/C=C\C/C=C\C/C=C\CCCC(=O)OCC(COC(=O)CCCCCCCCC)OC(=O)CCCCCCCCCCCCCCCCCCCCCC. The first-order chi connectivity index (χ1) is 36.5. The first kappa shape index (κ1) is 70.1. The molecular formula is C68H114O6. The molecule has 74 heavy (non-hydrogen) atoms. The highest BCUT2D eigenvalue weighted by molar-refractivity contribution is 5.71. The van der Waals surface area contributed by atoms with Crippen LogP contribution in [0.1, 0.15) is 284 Å². The molecule has 0 aliphatic rings. The average molecular weight is 1030 g/mol. The number of hydrogen-bond acceptors (Lipinski definition) is 6. The third-order valence-electron chi connectivity index (χ3n) is 13.0. The topological polar surface area (TPSA) is 78.9 Å². The fourth-order valence-corrected chi connectivity index (χ4v) is 8.44. The van der Waals surface area contributed by atoms with E-state index in [1.54, 1.807) is 0 Å². The van der Waals surface area contributed by atoms with Crippen LogP contribution < -0.4 is 0 Å². The Bertz CT molecular complexity index is 1510. The summed E-state index contributed by atoms with van der Waals surface area (Å²) in [6.45, 7) is 6.45. The van der Waals surface area contributed by atoms with Crippen molar-refractivity contribution < 1.29 is 28.6 Å². The Hall–Kier alpha value is -3.93. The van der Waals surface area contributed by atoms with Crippen molar-refractivity contribution in [2.24, 2.45) is 0 Å². The van der Waals surface area contributed by atoms with E-state index in [9.17, 15) is 14.4 Å². The Morgan fingerprint density at radius 2 is 0.527 bits per heavy atom. The van der Waals surface area contributed by atoms with Gasteiger partial charge in [-0.3, -0.25) is 14.4 Å². The third kappa shape index (κ3) is 59.0. The number of rotatable bonds is 55. The van der Waals surface area contributed by atoms with Crippen molar-refractivity contribution in [3.8, 4) is 0 Å². The summed E-state index contributed by atoms with van der Waals surface area (Å²) in [6.07, 6.45) is 84.1. The van der Waals surface area contributed by atoms with E-state index in [1.807, 2.05) is 0 Å². The predicted octanol–water partition coefficient (Wildman–Crippen LogP) is 21.0. The number of carbonyl (C=O) groups is 3. The number of ether oxygens (including phenoxy) is 3. The van der Waals surface area contributed by atoms with Crippen LogP contribution in [-0.2, 0) is 28.6 Å². The van der Waals surface area contributed by atoms with Crippen LogP contribution in [0, 0.1) is 0 Å². The second-order valence-corrected chi connectivity index (χ2v) is 20.2. The first-order valence-corrected chi connectivity index (χ1v) is 30.9. The molecule has 0 N–H and O–H groups in total. The molecule has 6 nitrogen and oxygen atoms in total. The molecule has 0 amide bonds. The van der Waals surface area contributed by atoms with E-state index in [2.05, 4.69) is 130 Å². The van der Waals surface area contributed by atoms with Crippen LogP contribution in [0.25, 0.3) is 0 Å². The lowest BCUT2D eigenvalue weighted by atomic mass is 10.0. The molecule has 0 saturated heterocycles. The molecule has 0 aromatic carbocycles. The van der Waals surface area contributed by atoms with E-state index in [4.69, 9.17) is 14.2 Å². The molecule has 0 aliphatic carbocycles. The minimum absolute atomic E-state index is 0.0941. The van der Waals surface area contributed by atoms with Gasteiger partial charge in [0.25, 0.3) is 0 Å². The monoisotopic (exact) mass is 1030 g/mol. The smallest absolute Gasteiger partial charge is 0.306 e. The lowest BCUT2D eigenvalue weighted by Gasteiger charge is -2.18. The summed E-state index contributed by atoms with van der Waals surface area (Å²) in [7, 11) is 0. The van der Waals surface area contributed by atoms with Gasteiger partial charge in [-0.25, -0.2) is 0 Å². The van der Waals surface area contributed by atoms with Gasteiger partial charge < -0.3 is 14.2 Å². The maximum absolute atomic E-state index is 12.8. The number of unbranched alkanes of at least 4 members (excludes halogenated alkanes) is 26. The molecule has 422 valence electrons. The molecule has 0 bridgehead atoms. The second kappa shape index (κ2) is 61.6. The Kier molecular flexibility index (Phi) is 58.3. The van der Waals surface area contributed by atoms with Crippen molar-refractivity contribution in [3.05, 3.63) is 109 Å². The van der Waals surface area contributed by atoms with Gasteiger partial charge in [0.05, 0.1) is 0 Å². The van der Waals surface area contributed by atoms with Crippen molar-refractivity contribution in [2.45, 2.75) is 290 Å². The van der Waals surface area contributed by atoms with Crippen molar-refractivity contribution >= 4 is 17.9 Å². The standard InChI is InChI=1S/C68H114O6/c1-4-7-10-13-16-18-20-22-24-26-28-30-31-32-33-34-35-36-37-38-40-41-43-45-47-49-52-55-58-61-67(70)73-64-65(63-72-66(69)60-57-54-51-15-12-9-6-3)74-68(71)62-59-56-53-50-48-46-44-42-39-29-27-25-23-21-19-17-14-11-8-5-2/h7,10,16,18,22,24,28,30,32-33,35-36,38,40,43,45,49,52,65H,4-6,8-9,11-15,17,19-21,23,25-27,29,31,34,37,39,41-42,44,46-48,50-51,53-64H2,1-3H3/b10-7-,18-16-,24-22-,30-28-,33-32-,36-35-,40-38-,45-43-,52-49-. The third-order valence-corrected chi connectivity index (χ3v) is 13.0. The molecule has 0 rings (SSSR count). The van der Waals surface area contributed by atoms with Gasteiger partial charge >= 0.3 is 17.9 Å². The highest BCUT2D eigenvalue weighted by atomic mass is 16.6. The van der Waals surface area contributed by atoms with Crippen LogP contribution in [0.15, 0.2) is 109 Å². The highest BCUT2D eigenvalue weighted by Gasteiger charge is 2.19. The van der Waals surface area contributed by atoms with Gasteiger partial charge in [0, 0.05) is 19.3 Å². The van der Waals surface area contributed by atoms with Crippen molar-refractivity contribution in [2.75, 3.05) is 13.2 Å². The van der Waals surface area contributed by atoms with Gasteiger partial charge in [0.15, 0.2) is 6.10 Å². The van der Waals surface area contributed by atoms with Gasteiger partial charge in [-0.05, 0) is 83.5 Å². The Balaban J connectivity index is 4.27. The Morgan fingerprint density at radius 3 is 0.824 bits per heavy atom. The van der Waals surface area contributed by atoms with Crippen LogP contribution in [0.3, 0.4) is 0 Å². The quantitative estimate of drug-likeness (QED) is 0.0261. The zero-order valence-corrected chi connectivity index (χ0v) is 48.3. The van der Waals surface area contributed by atoms with Crippen molar-refractivity contribution in [3.63, 3.8) is 0 Å². The normalized spacial score (nSPS) is 12.9. The fraction of sp³-hybridized carbons (Fsp3) is 0.691. The molecule has 0 aromatic rings. The Morgan fingerprint density at radius 1 is 0.284 bits per heavy atom. The average Bonchev–Trinajstić information content (AvgIpc) is 3.40. The predicted molar refractivity (Wildman–Crippen MR) is 320 cm³/mol. The van der Waals surface area contributed by atoms with Gasteiger partial charge in [0.1, 0.15) is 13.2 Å². The van der Waals surface area contributed by atoms with E-state index in [0.29, 0.717) is 19.3 Å². The highest BCUT2D eigenvalue weighted by Crippen LogP contribution is 2.16. The van der Waals surface area contributed by atoms with E-state index in [0.717, 1.165) is 103 Å². The summed E-state index contributed by atoms with van der Waals surface area (Å²) in [5, 5.41) is 0. The maximum Gasteiger partial charge on any atom is 0.306 e. The zero-order chi connectivity index (χ0) is 53.6. The lowest BCUT2D eigenvalue weighted by molar-refractivity contribution is -0.167. The molecule has 0 aliphatic heterocycles. The van der Waals surface area contributed by atoms with Crippen LogP contribution in [-0.4, -0.2) is 37.2 Å². The molecule has 1 unspecified atom stereocenters. The van der Waals surface area contributed by atoms with Gasteiger partial charge in [-0.2, -0.15) is 0 Å². The van der Waals surface area contributed by atoms with E-state index >= 15 is 0 Å². The minimum Gasteiger partial charge on any atom is -0.462 e. The number of esters is 3. The molecule has 1 atom stereocenters. The molecule has 0 aromatic heterocycles. The fourth-order valence-electron chi connectivity index (χ4n) is 8.44. The molecule has 0 fully saturated rings. The molecular weight excluding hydrogens is 913 g/mol. The number of hydrogen-bond donors (Lipinski definition) is 0. The number of carbonyl (C=O) groups excluding carboxylic acids is 3. The van der Waals surface area contributed by atoms with Crippen molar-refractivity contribution in [1.82, 2.24) is 0 Å². The van der Waals surface area contributed by atoms with Crippen LogP contribution >= 0.6 is 0 Å². The maximum atomic E-state index is 12.8. The van der Waals surface area contributed by atoms with Crippen LogP contribution in [0.2, 0.25) is 0 Å². The summed E-state index contributed by atoms with van der Waals surface area (Å²) in [6, 6.07) is 0. The summed E-state index contributed by atoms with van der Waals surface area (Å²) >= 11 is 0. The van der Waals surface area contributed by atoms with E-state index in [-0.39, 0.29) is 37.5 Å². The largest absolute Gasteiger partial charge is 0.462 e. The van der Waals surface area contributed by atoms with Crippen LogP contribution in [0.5, 0.6) is 0 Å².